The first-order valence-corrected chi connectivity index (χ1v) is 8.77. The Bertz CT molecular complexity index is 805. The highest BCUT2D eigenvalue weighted by Gasteiger charge is 2.47. The van der Waals surface area contributed by atoms with Crippen molar-refractivity contribution in [3.05, 3.63) is 34.1 Å². The molecular weight excluding hydrogens is 388 g/mol. The Labute approximate surface area is 153 Å². The first-order valence-electron chi connectivity index (χ1n) is 7.98. The van der Waals surface area contributed by atoms with E-state index in [2.05, 4.69) is 36.6 Å². The number of halogens is 1. The van der Waals surface area contributed by atoms with Gasteiger partial charge >= 0.3 is 0 Å². The van der Waals surface area contributed by atoms with E-state index >= 15 is 0 Å². The summed E-state index contributed by atoms with van der Waals surface area (Å²) in [5.41, 5.74) is 6.54. The van der Waals surface area contributed by atoms with Crippen LogP contribution in [0.25, 0.3) is 0 Å². The number of amides is 2. The molecule has 9 heteroatoms. The van der Waals surface area contributed by atoms with E-state index in [9.17, 15) is 9.59 Å². The molecule has 2 heterocycles. The van der Waals surface area contributed by atoms with Crippen LogP contribution in [0.2, 0.25) is 0 Å². The van der Waals surface area contributed by atoms with Crippen LogP contribution in [-0.4, -0.2) is 38.5 Å². The van der Waals surface area contributed by atoms with E-state index in [0.29, 0.717) is 25.1 Å². The molecule has 0 spiro atoms. The van der Waals surface area contributed by atoms with E-state index in [1.54, 1.807) is 4.90 Å². The average molecular weight is 407 g/mol. The summed E-state index contributed by atoms with van der Waals surface area (Å²) in [6, 6.07) is 4.93. The Morgan fingerprint density at radius 2 is 2.20 bits per heavy atom. The summed E-state index contributed by atoms with van der Waals surface area (Å²) in [5, 5.41) is 13.5. The van der Waals surface area contributed by atoms with Gasteiger partial charge in [-0.1, -0.05) is 15.9 Å². The van der Waals surface area contributed by atoms with Crippen LogP contribution in [0.15, 0.2) is 22.7 Å². The molecule has 0 fully saturated rings. The molecule has 2 amide bonds. The van der Waals surface area contributed by atoms with Crippen molar-refractivity contribution in [3.63, 3.8) is 0 Å². The Morgan fingerprint density at radius 1 is 1.44 bits per heavy atom. The first-order chi connectivity index (χ1) is 11.8. The van der Waals surface area contributed by atoms with Crippen molar-refractivity contribution in [2.24, 2.45) is 5.73 Å². The molecule has 0 aliphatic carbocycles. The van der Waals surface area contributed by atoms with Gasteiger partial charge in [0.15, 0.2) is 0 Å². The van der Waals surface area contributed by atoms with Crippen molar-refractivity contribution in [2.45, 2.75) is 44.6 Å². The van der Waals surface area contributed by atoms with Gasteiger partial charge in [-0.25, -0.2) is 5.10 Å². The number of hydrogen-bond acceptors (Lipinski definition) is 5. The number of hydrogen-bond donors (Lipinski definition) is 2. The molecule has 0 saturated heterocycles. The van der Waals surface area contributed by atoms with Gasteiger partial charge in [0.1, 0.15) is 11.9 Å². The lowest BCUT2D eigenvalue weighted by Gasteiger charge is -2.27. The number of aromatic amines is 1. The third-order valence-corrected chi connectivity index (χ3v) is 5.06. The van der Waals surface area contributed by atoms with Crippen molar-refractivity contribution in [2.75, 3.05) is 4.90 Å². The highest BCUT2D eigenvalue weighted by molar-refractivity contribution is 9.10. The Balaban J connectivity index is 1.86. The molecule has 0 radical (unpaired) electrons. The predicted molar refractivity (Wildman–Crippen MR) is 94.8 cm³/mol. The number of anilines is 1. The summed E-state index contributed by atoms with van der Waals surface area (Å²) in [7, 11) is 0. The predicted octanol–water partition coefficient (Wildman–Crippen LogP) is 1.46. The van der Waals surface area contributed by atoms with Gasteiger partial charge in [0.25, 0.3) is 0 Å². The number of aryl methyl sites for hydroxylation is 1. The number of carbonyl (C=O) groups excluding carboxylic acids is 2. The van der Waals surface area contributed by atoms with Crippen LogP contribution in [-0.2, 0) is 21.4 Å². The maximum atomic E-state index is 13.0. The van der Waals surface area contributed by atoms with Gasteiger partial charge in [-0.3, -0.25) is 14.5 Å². The van der Waals surface area contributed by atoms with E-state index in [-0.39, 0.29) is 5.91 Å². The smallest absolute Gasteiger partial charge is 0.240 e. The number of tetrazole rings is 1. The minimum absolute atomic E-state index is 0.120. The van der Waals surface area contributed by atoms with Crippen LogP contribution in [0.4, 0.5) is 5.69 Å². The van der Waals surface area contributed by atoms with Gasteiger partial charge in [0, 0.05) is 16.6 Å². The molecule has 2 aromatic rings. The number of rotatable bonds is 6. The lowest BCUT2D eigenvalue weighted by atomic mass is 9.86. The molecule has 132 valence electrons. The summed E-state index contributed by atoms with van der Waals surface area (Å²) in [6.45, 7) is 3.72. The zero-order valence-corrected chi connectivity index (χ0v) is 15.6. The van der Waals surface area contributed by atoms with E-state index in [1.165, 1.54) is 0 Å². The van der Waals surface area contributed by atoms with E-state index < -0.39 is 17.4 Å². The number of aromatic nitrogens is 4. The molecule has 1 atom stereocenters. The zero-order chi connectivity index (χ0) is 18.2. The quantitative estimate of drug-likeness (QED) is 0.752. The number of fused-ring (bicyclic) bond motifs is 1. The van der Waals surface area contributed by atoms with E-state index in [4.69, 9.17) is 5.73 Å². The fourth-order valence-corrected chi connectivity index (χ4v) is 3.56. The molecule has 1 aromatic carbocycles. The summed E-state index contributed by atoms with van der Waals surface area (Å²) < 4.78 is 0.891. The number of nitrogens with zero attached hydrogens (tertiary/aromatic N) is 4. The molecule has 3 N–H and O–H groups in total. The number of H-pyrrole nitrogens is 1. The van der Waals surface area contributed by atoms with Crippen molar-refractivity contribution in [1.29, 1.82) is 0 Å². The van der Waals surface area contributed by atoms with Crippen molar-refractivity contribution < 1.29 is 9.59 Å². The minimum atomic E-state index is -0.707. The number of benzene rings is 1. The number of carbonyl (C=O) groups is 2. The lowest BCUT2D eigenvalue weighted by Crippen LogP contribution is -2.49. The fourth-order valence-electron chi connectivity index (χ4n) is 3.20. The Morgan fingerprint density at radius 3 is 2.84 bits per heavy atom. The maximum absolute atomic E-state index is 13.0. The van der Waals surface area contributed by atoms with Gasteiger partial charge in [-0.05, 0) is 60.9 Å². The van der Waals surface area contributed by atoms with E-state index in [0.717, 1.165) is 15.7 Å². The average Bonchev–Trinajstić information content (AvgIpc) is 3.12. The van der Waals surface area contributed by atoms with Crippen LogP contribution in [0, 0.1) is 0 Å². The minimum Gasteiger partial charge on any atom is -0.368 e. The van der Waals surface area contributed by atoms with Gasteiger partial charge in [0.2, 0.25) is 11.8 Å². The topological polar surface area (TPSA) is 118 Å². The van der Waals surface area contributed by atoms with Crippen molar-refractivity contribution >= 4 is 33.4 Å². The van der Waals surface area contributed by atoms with E-state index in [1.807, 2.05) is 32.0 Å². The Hall–Kier alpha value is -2.29. The van der Waals surface area contributed by atoms with Crippen molar-refractivity contribution in [3.8, 4) is 0 Å². The monoisotopic (exact) mass is 406 g/mol. The molecule has 3 rings (SSSR count). The van der Waals surface area contributed by atoms with Crippen LogP contribution in [0.1, 0.15) is 38.1 Å². The molecule has 1 aliphatic heterocycles. The van der Waals surface area contributed by atoms with Gasteiger partial charge in [-0.15, -0.1) is 5.10 Å². The second-order valence-electron chi connectivity index (χ2n) is 6.62. The Kier molecular flexibility index (Phi) is 4.59. The molecule has 1 unspecified atom stereocenters. The van der Waals surface area contributed by atoms with Crippen LogP contribution in [0.3, 0.4) is 0 Å². The molecule has 1 aliphatic rings. The van der Waals surface area contributed by atoms with Crippen LogP contribution < -0.4 is 10.6 Å². The second kappa shape index (κ2) is 6.55. The van der Waals surface area contributed by atoms with Gasteiger partial charge < -0.3 is 5.73 Å². The highest BCUT2D eigenvalue weighted by atomic mass is 79.9. The molecule has 0 bridgehead atoms. The number of nitrogens with two attached hydrogens (primary N) is 1. The number of nitrogens with one attached hydrogen (secondary N) is 1. The maximum Gasteiger partial charge on any atom is 0.240 e. The third kappa shape index (κ3) is 3.15. The second-order valence-corrected chi connectivity index (χ2v) is 7.54. The molecule has 0 saturated carbocycles. The molecule has 8 nitrogen and oxygen atoms in total. The summed E-state index contributed by atoms with van der Waals surface area (Å²) >= 11 is 3.44. The molecular formula is C16H19BrN6O2. The van der Waals surface area contributed by atoms with Crippen molar-refractivity contribution in [1.82, 2.24) is 20.6 Å². The SMILES string of the molecule is CC1(C)C(=O)N(C(CCCc2nnn[nH]2)C(N)=O)c2ccc(Br)cc21. The fraction of sp³-hybridized carbons (Fsp3) is 0.438. The normalized spacial score (nSPS) is 16.8. The number of primary amides is 1. The summed E-state index contributed by atoms with van der Waals surface area (Å²) in [4.78, 5) is 26.6. The molecule has 1 aromatic heterocycles. The lowest BCUT2D eigenvalue weighted by molar-refractivity contribution is -0.126. The summed E-state index contributed by atoms with van der Waals surface area (Å²) in [6.07, 6.45) is 1.64. The highest BCUT2D eigenvalue weighted by Crippen LogP contribution is 2.44. The van der Waals surface area contributed by atoms with Crippen LogP contribution >= 0.6 is 15.9 Å². The zero-order valence-electron chi connectivity index (χ0n) is 14.0. The van der Waals surface area contributed by atoms with Crippen LogP contribution in [0.5, 0.6) is 0 Å². The standard InChI is InChI=1S/C16H19BrN6O2/c1-16(2)10-8-9(17)6-7-11(10)23(15(16)25)12(14(18)24)4-3-5-13-19-21-22-20-13/h6-8,12H,3-5H2,1-2H3,(H2,18,24)(H,19,20,21,22). The van der Waals surface area contributed by atoms with Gasteiger partial charge in [0.05, 0.1) is 5.41 Å². The third-order valence-electron chi connectivity index (χ3n) is 4.57. The summed E-state index contributed by atoms with van der Waals surface area (Å²) in [5.74, 6) is 0.00183. The molecule has 25 heavy (non-hydrogen) atoms. The largest absolute Gasteiger partial charge is 0.368 e. The van der Waals surface area contributed by atoms with Gasteiger partial charge in [-0.2, -0.15) is 0 Å². The first kappa shape index (κ1) is 17.5.